The van der Waals surface area contributed by atoms with Crippen LogP contribution in [0.3, 0.4) is 0 Å². The fraction of sp³-hybridized carbons (Fsp3) is 0.280. The number of aromatic hydroxyl groups is 2. The minimum atomic E-state index is -0.324. The number of hydrogen-bond acceptors (Lipinski definition) is 4. The van der Waals surface area contributed by atoms with Gasteiger partial charge in [0.15, 0.2) is 5.78 Å². The van der Waals surface area contributed by atoms with Crippen molar-refractivity contribution in [2.45, 2.75) is 26.7 Å². The van der Waals surface area contributed by atoms with E-state index < -0.39 is 0 Å². The summed E-state index contributed by atoms with van der Waals surface area (Å²) in [5.74, 6) is -0.145. The van der Waals surface area contributed by atoms with Gasteiger partial charge in [-0.3, -0.25) is 9.59 Å². The maximum absolute atomic E-state index is 13.2. The zero-order valence-electron chi connectivity index (χ0n) is 17.3. The van der Waals surface area contributed by atoms with Crippen LogP contribution in [0.25, 0.3) is 12.2 Å². The number of phenolic OH excluding ortho intramolecular Hbond substituents is 2. The fourth-order valence-corrected chi connectivity index (χ4v) is 3.84. The average Bonchev–Trinajstić information content (AvgIpc) is 2.71. The molecule has 1 amide bonds. The number of nitrogens with zero attached hydrogens (tertiary/aromatic N) is 1. The van der Waals surface area contributed by atoms with Gasteiger partial charge in [-0.25, -0.2) is 0 Å². The van der Waals surface area contributed by atoms with E-state index in [1.807, 2.05) is 26.0 Å². The van der Waals surface area contributed by atoms with Crippen molar-refractivity contribution in [2.24, 2.45) is 5.92 Å². The Morgan fingerprint density at radius 1 is 0.933 bits per heavy atom. The molecule has 1 aliphatic carbocycles. The number of rotatable bonds is 5. The third kappa shape index (κ3) is 4.98. The summed E-state index contributed by atoms with van der Waals surface area (Å²) in [5, 5.41) is 19.5. The van der Waals surface area contributed by atoms with Crippen LogP contribution in [0.15, 0.2) is 59.7 Å². The average molecular weight is 405 g/mol. The topological polar surface area (TPSA) is 77.8 Å². The standard InChI is InChI=1S/C25H27NO4/c1-3-26(4-2)25(30)21-15-19(11-17-7-5-9-22(27)13-17)24(29)20(16-21)12-18-8-6-10-23(28)14-18/h5-14,21,27-28H,3-4,15-16H2,1-2H3. The lowest BCUT2D eigenvalue weighted by Crippen LogP contribution is -2.38. The van der Waals surface area contributed by atoms with Crippen molar-refractivity contribution in [1.82, 2.24) is 4.90 Å². The number of carbonyl (C=O) groups excluding carboxylic acids is 2. The molecule has 1 saturated carbocycles. The van der Waals surface area contributed by atoms with Crippen LogP contribution in [0.4, 0.5) is 0 Å². The molecule has 5 heteroatoms. The van der Waals surface area contributed by atoms with Crippen molar-refractivity contribution in [2.75, 3.05) is 13.1 Å². The lowest BCUT2D eigenvalue weighted by Gasteiger charge is -2.29. The zero-order valence-corrected chi connectivity index (χ0v) is 17.3. The third-order valence-corrected chi connectivity index (χ3v) is 5.36. The van der Waals surface area contributed by atoms with Gasteiger partial charge >= 0.3 is 0 Å². The summed E-state index contributed by atoms with van der Waals surface area (Å²) in [4.78, 5) is 28.0. The Morgan fingerprint density at radius 3 is 1.80 bits per heavy atom. The van der Waals surface area contributed by atoms with E-state index in [4.69, 9.17) is 0 Å². The first kappa shape index (κ1) is 21.4. The van der Waals surface area contributed by atoms with Gasteiger partial charge in [-0.15, -0.1) is 0 Å². The monoisotopic (exact) mass is 405 g/mol. The molecule has 0 saturated heterocycles. The number of ketones is 1. The van der Waals surface area contributed by atoms with Gasteiger partial charge in [0.05, 0.1) is 0 Å². The highest BCUT2D eigenvalue weighted by atomic mass is 16.3. The lowest BCUT2D eigenvalue weighted by molar-refractivity contribution is -0.135. The van der Waals surface area contributed by atoms with Crippen LogP contribution in [0.2, 0.25) is 0 Å². The largest absolute Gasteiger partial charge is 0.508 e. The van der Waals surface area contributed by atoms with E-state index >= 15 is 0 Å². The van der Waals surface area contributed by atoms with Gasteiger partial charge in [-0.2, -0.15) is 0 Å². The van der Waals surface area contributed by atoms with E-state index in [0.29, 0.717) is 48.2 Å². The molecule has 156 valence electrons. The van der Waals surface area contributed by atoms with Crippen LogP contribution in [-0.2, 0) is 9.59 Å². The highest BCUT2D eigenvalue weighted by Crippen LogP contribution is 2.34. The van der Waals surface area contributed by atoms with Crippen LogP contribution in [0.5, 0.6) is 11.5 Å². The van der Waals surface area contributed by atoms with E-state index in [2.05, 4.69) is 0 Å². The number of allylic oxidation sites excluding steroid dienone is 2. The van der Waals surface area contributed by atoms with E-state index in [1.54, 1.807) is 53.5 Å². The second-order valence-corrected chi connectivity index (χ2v) is 7.47. The molecule has 0 bridgehead atoms. The van der Waals surface area contributed by atoms with Gasteiger partial charge in [0.1, 0.15) is 11.5 Å². The first-order valence-electron chi connectivity index (χ1n) is 10.2. The quantitative estimate of drug-likeness (QED) is 0.722. The van der Waals surface area contributed by atoms with Crippen molar-refractivity contribution >= 4 is 23.8 Å². The number of amides is 1. The molecule has 1 aliphatic rings. The van der Waals surface area contributed by atoms with Crippen LogP contribution >= 0.6 is 0 Å². The summed E-state index contributed by atoms with van der Waals surface area (Å²) < 4.78 is 0. The van der Waals surface area contributed by atoms with E-state index in [1.165, 1.54) is 0 Å². The minimum absolute atomic E-state index is 0.0381. The van der Waals surface area contributed by atoms with Gasteiger partial charge < -0.3 is 15.1 Å². The Hall–Kier alpha value is -3.34. The normalized spacial score (nSPS) is 19.3. The summed E-state index contributed by atoms with van der Waals surface area (Å²) >= 11 is 0. The van der Waals surface area contributed by atoms with Crippen LogP contribution in [-0.4, -0.2) is 39.9 Å². The predicted molar refractivity (Wildman–Crippen MR) is 118 cm³/mol. The molecule has 2 aromatic carbocycles. The Morgan fingerprint density at radius 2 is 1.40 bits per heavy atom. The second kappa shape index (κ2) is 9.44. The van der Waals surface area contributed by atoms with Gasteiger partial charge in [0, 0.05) is 30.2 Å². The highest BCUT2D eigenvalue weighted by molar-refractivity contribution is 6.15. The van der Waals surface area contributed by atoms with Gasteiger partial charge in [0.2, 0.25) is 5.91 Å². The first-order valence-corrected chi connectivity index (χ1v) is 10.2. The molecule has 0 aromatic heterocycles. The fourth-order valence-electron chi connectivity index (χ4n) is 3.84. The summed E-state index contributed by atoms with van der Waals surface area (Å²) in [6, 6.07) is 13.4. The lowest BCUT2D eigenvalue weighted by atomic mass is 9.79. The van der Waals surface area contributed by atoms with Crippen molar-refractivity contribution in [3.8, 4) is 11.5 Å². The Bertz CT molecular complexity index is 934. The molecule has 0 atom stereocenters. The molecular weight excluding hydrogens is 378 g/mol. The molecule has 0 radical (unpaired) electrons. The summed E-state index contributed by atoms with van der Waals surface area (Å²) in [6.45, 7) is 5.14. The zero-order chi connectivity index (χ0) is 21.7. The molecule has 0 aliphatic heterocycles. The van der Waals surface area contributed by atoms with Crippen molar-refractivity contribution in [1.29, 1.82) is 0 Å². The molecule has 5 nitrogen and oxygen atoms in total. The molecule has 3 rings (SSSR count). The molecular formula is C25H27NO4. The molecule has 2 aromatic rings. The summed E-state index contributed by atoms with van der Waals surface area (Å²) in [5.41, 5.74) is 2.52. The molecule has 0 heterocycles. The first-order chi connectivity index (χ1) is 14.4. The van der Waals surface area contributed by atoms with Crippen LogP contribution < -0.4 is 0 Å². The maximum atomic E-state index is 13.2. The van der Waals surface area contributed by atoms with Gasteiger partial charge in [-0.05, 0) is 74.2 Å². The number of carbonyl (C=O) groups is 2. The molecule has 2 N–H and O–H groups in total. The highest BCUT2D eigenvalue weighted by Gasteiger charge is 2.33. The smallest absolute Gasteiger partial charge is 0.226 e. The molecule has 30 heavy (non-hydrogen) atoms. The summed E-state index contributed by atoms with van der Waals surface area (Å²) in [6.07, 6.45) is 4.22. The molecule has 0 spiro atoms. The SMILES string of the molecule is CCN(CC)C(=O)C1CC(=Cc2cccc(O)c2)C(=O)C(=Cc2cccc(O)c2)C1. The van der Waals surface area contributed by atoms with Crippen molar-refractivity contribution in [3.05, 3.63) is 70.8 Å². The Labute approximate surface area is 177 Å². The summed E-state index contributed by atoms with van der Waals surface area (Å²) in [7, 11) is 0. The van der Waals surface area contributed by atoms with E-state index in [-0.39, 0.29) is 29.1 Å². The van der Waals surface area contributed by atoms with Crippen LogP contribution in [0.1, 0.15) is 37.8 Å². The Kier molecular flexibility index (Phi) is 6.72. The number of hydrogen-bond donors (Lipinski definition) is 2. The maximum Gasteiger partial charge on any atom is 0.226 e. The number of Topliss-reactive ketones (excluding diaryl/α,β-unsaturated/α-hetero) is 1. The predicted octanol–water partition coefficient (Wildman–Crippen LogP) is 4.41. The van der Waals surface area contributed by atoms with E-state index in [0.717, 1.165) is 0 Å². The Balaban J connectivity index is 2.01. The van der Waals surface area contributed by atoms with Crippen molar-refractivity contribution < 1.29 is 19.8 Å². The second-order valence-electron chi connectivity index (χ2n) is 7.47. The minimum Gasteiger partial charge on any atom is -0.508 e. The third-order valence-electron chi connectivity index (χ3n) is 5.36. The number of benzene rings is 2. The molecule has 1 fully saturated rings. The van der Waals surface area contributed by atoms with Gasteiger partial charge in [0.25, 0.3) is 0 Å². The number of phenols is 2. The van der Waals surface area contributed by atoms with Crippen LogP contribution in [0, 0.1) is 5.92 Å². The van der Waals surface area contributed by atoms with E-state index in [9.17, 15) is 19.8 Å². The van der Waals surface area contributed by atoms with Crippen molar-refractivity contribution in [3.63, 3.8) is 0 Å². The van der Waals surface area contributed by atoms with Gasteiger partial charge in [-0.1, -0.05) is 24.3 Å². The molecule has 0 unspecified atom stereocenters.